The summed E-state index contributed by atoms with van der Waals surface area (Å²) in [6.45, 7) is 0. The van der Waals surface area contributed by atoms with Crippen molar-refractivity contribution in [3.63, 3.8) is 0 Å². The Hall–Kier alpha value is -6.50. The predicted molar refractivity (Wildman–Crippen MR) is 215 cm³/mol. The summed E-state index contributed by atoms with van der Waals surface area (Å²) in [7, 11) is 0. The van der Waals surface area contributed by atoms with Gasteiger partial charge in [0, 0.05) is 0 Å². The van der Waals surface area contributed by atoms with Crippen molar-refractivity contribution in [3.05, 3.63) is 229 Å². The summed E-state index contributed by atoms with van der Waals surface area (Å²) in [6.07, 6.45) is 0. The molecule has 0 atom stereocenters. The zero-order chi connectivity index (χ0) is 33.8. The second-order valence-corrected chi connectivity index (χ2v) is 13.6. The first kappa shape index (κ1) is 29.4. The van der Waals surface area contributed by atoms with Crippen LogP contribution in [0.3, 0.4) is 0 Å². The first-order valence-electron chi connectivity index (χ1n) is 17.8. The van der Waals surface area contributed by atoms with Crippen LogP contribution in [-0.4, -0.2) is 0 Å². The van der Waals surface area contributed by atoms with E-state index in [1.807, 2.05) is 0 Å². The van der Waals surface area contributed by atoms with Crippen LogP contribution in [-0.2, 0) is 5.41 Å². The van der Waals surface area contributed by atoms with Crippen molar-refractivity contribution in [1.29, 1.82) is 0 Å². The van der Waals surface area contributed by atoms with Gasteiger partial charge in [0.2, 0.25) is 0 Å². The number of benzene rings is 9. The molecule has 0 bridgehead atoms. The van der Waals surface area contributed by atoms with Crippen molar-refractivity contribution >= 4 is 21.5 Å². The fraction of sp³-hybridized carbons (Fsp3) is 0.0196. The van der Waals surface area contributed by atoms with Crippen molar-refractivity contribution < 1.29 is 0 Å². The first-order valence-corrected chi connectivity index (χ1v) is 17.8. The minimum Gasteiger partial charge on any atom is -0.0622 e. The summed E-state index contributed by atoms with van der Waals surface area (Å²) >= 11 is 0. The van der Waals surface area contributed by atoms with E-state index >= 15 is 0 Å². The second-order valence-electron chi connectivity index (χ2n) is 13.6. The average Bonchev–Trinajstić information content (AvgIpc) is 3.52. The summed E-state index contributed by atoms with van der Waals surface area (Å²) < 4.78 is 0. The molecule has 0 heterocycles. The van der Waals surface area contributed by atoms with Crippen molar-refractivity contribution in [2.45, 2.75) is 5.41 Å². The highest BCUT2D eigenvalue weighted by molar-refractivity contribution is 6.13. The Morgan fingerprint density at radius 3 is 1.47 bits per heavy atom. The van der Waals surface area contributed by atoms with Gasteiger partial charge in [-0.05, 0) is 113 Å². The summed E-state index contributed by atoms with van der Waals surface area (Å²) in [5.41, 5.74) is 14.8. The lowest BCUT2D eigenvalue weighted by atomic mass is 9.67. The fourth-order valence-corrected chi connectivity index (χ4v) is 8.67. The Labute approximate surface area is 298 Å². The molecule has 1 aliphatic carbocycles. The van der Waals surface area contributed by atoms with Crippen LogP contribution in [0.15, 0.2) is 206 Å². The van der Waals surface area contributed by atoms with Crippen LogP contribution < -0.4 is 0 Å². The van der Waals surface area contributed by atoms with E-state index in [-0.39, 0.29) is 5.41 Å². The van der Waals surface area contributed by atoms with Crippen molar-refractivity contribution in [2.24, 2.45) is 0 Å². The van der Waals surface area contributed by atoms with Crippen molar-refractivity contribution in [1.82, 2.24) is 0 Å². The molecule has 0 unspecified atom stereocenters. The van der Waals surface area contributed by atoms with Crippen molar-refractivity contribution in [3.8, 4) is 44.5 Å². The van der Waals surface area contributed by atoms with Crippen LogP contribution in [0, 0.1) is 0 Å². The molecule has 9 aromatic carbocycles. The Morgan fingerprint density at radius 2 is 0.765 bits per heavy atom. The molecule has 0 amide bonds. The van der Waals surface area contributed by atoms with Crippen LogP contribution >= 0.6 is 0 Å². The second kappa shape index (κ2) is 11.8. The van der Waals surface area contributed by atoms with Gasteiger partial charge in [0.1, 0.15) is 0 Å². The lowest BCUT2D eigenvalue weighted by Crippen LogP contribution is -2.28. The van der Waals surface area contributed by atoms with Crippen LogP contribution in [0.5, 0.6) is 0 Å². The summed E-state index contributed by atoms with van der Waals surface area (Å²) in [5, 5.41) is 5.13. The molecule has 238 valence electrons. The van der Waals surface area contributed by atoms with Gasteiger partial charge in [0.05, 0.1) is 5.41 Å². The lowest BCUT2D eigenvalue weighted by molar-refractivity contribution is 0.768. The number of hydrogen-bond donors (Lipinski definition) is 0. The van der Waals surface area contributed by atoms with Gasteiger partial charge in [-0.3, -0.25) is 0 Å². The molecule has 0 N–H and O–H groups in total. The monoisotopic (exact) mass is 646 g/mol. The Balaban J connectivity index is 1.10. The van der Waals surface area contributed by atoms with Gasteiger partial charge in [0.25, 0.3) is 0 Å². The zero-order valence-corrected chi connectivity index (χ0v) is 28.1. The molecule has 0 aromatic heterocycles. The molecule has 0 aliphatic heterocycles. The van der Waals surface area contributed by atoms with E-state index in [1.54, 1.807) is 0 Å². The highest BCUT2D eigenvalue weighted by atomic mass is 14.5. The third-order valence-corrected chi connectivity index (χ3v) is 10.9. The maximum Gasteiger partial charge on any atom is 0.0713 e. The average molecular weight is 647 g/mol. The van der Waals surface area contributed by atoms with E-state index in [0.29, 0.717) is 0 Å². The van der Waals surface area contributed by atoms with Gasteiger partial charge >= 0.3 is 0 Å². The molecule has 0 heteroatoms. The molecule has 0 spiro atoms. The molecular formula is C51H34. The van der Waals surface area contributed by atoms with Gasteiger partial charge in [-0.1, -0.05) is 182 Å². The largest absolute Gasteiger partial charge is 0.0713 e. The standard InChI is InChI=1S/C51H34/c1-3-20-41(21-4-1)51(42-22-5-2-6-23-42)49-28-12-11-27-46(49)48-33-38(29-30-50(48)51)36-17-13-16-35(31-36)37-18-14-19-39(32-37)47-34-40-15-7-8-24-43(40)44-25-9-10-26-45(44)47/h1-34H. The minimum atomic E-state index is -0.387. The molecule has 10 rings (SSSR count). The molecule has 9 aromatic rings. The Morgan fingerprint density at radius 1 is 0.255 bits per heavy atom. The smallest absolute Gasteiger partial charge is 0.0622 e. The number of rotatable bonds is 5. The zero-order valence-electron chi connectivity index (χ0n) is 28.1. The lowest BCUT2D eigenvalue weighted by Gasteiger charge is -2.33. The maximum absolute atomic E-state index is 2.42. The number of hydrogen-bond acceptors (Lipinski definition) is 0. The van der Waals surface area contributed by atoms with Crippen LogP contribution in [0.2, 0.25) is 0 Å². The fourth-order valence-electron chi connectivity index (χ4n) is 8.67. The molecule has 0 nitrogen and oxygen atoms in total. The predicted octanol–water partition coefficient (Wildman–Crippen LogP) is 13.4. The van der Waals surface area contributed by atoms with Crippen molar-refractivity contribution in [2.75, 3.05) is 0 Å². The third kappa shape index (κ3) is 4.61. The Kier molecular flexibility index (Phi) is 6.82. The van der Waals surface area contributed by atoms with E-state index in [4.69, 9.17) is 0 Å². The maximum atomic E-state index is 2.42. The minimum absolute atomic E-state index is 0.387. The van der Waals surface area contributed by atoms with Gasteiger partial charge in [-0.25, -0.2) is 0 Å². The normalized spacial score (nSPS) is 12.9. The summed E-state index contributed by atoms with van der Waals surface area (Å²) in [5.74, 6) is 0. The van der Waals surface area contributed by atoms with E-state index in [1.165, 1.54) is 88.3 Å². The van der Waals surface area contributed by atoms with E-state index in [0.717, 1.165) is 0 Å². The SMILES string of the molecule is c1ccc(C2(c3ccccc3)c3ccccc3-c3cc(-c4cccc(-c5cccc(-c6cc7ccccc7c7ccccc67)c5)c4)ccc32)cc1. The molecular weight excluding hydrogens is 613 g/mol. The van der Waals surface area contributed by atoms with Crippen LogP contribution in [0.1, 0.15) is 22.3 Å². The van der Waals surface area contributed by atoms with Gasteiger partial charge < -0.3 is 0 Å². The molecule has 0 saturated heterocycles. The Bertz CT molecular complexity index is 2700. The van der Waals surface area contributed by atoms with Gasteiger partial charge in [0.15, 0.2) is 0 Å². The molecule has 0 fully saturated rings. The molecule has 0 saturated carbocycles. The van der Waals surface area contributed by atoms with Gasteiger partial charge in [-0.2, -0.15) is 0 Å². The van der Waals surface area contributed by atoms with Gasteiger partial charge in [-0.15, -0.1) is 0 Å². The topological polar surface area (TPSA) is 0 Å². The summed E-state index contributed by atoms with van der Waals surface area (Å²) in [6, 6.07) is 76.0. The molecule has 51 heavy (non-hydrogen) atoms. The van der Waals surface area contributed by atoms with E-state index in [2.05, 4.69) is 206 Å². The number of fused-ring (bicyclic) bond motifs is 6. The first-order chi connectivity index (χ1) is 25.3. The van der Waals surface area contributed by atoms with E-state index in [9.17, 15) is 0 Å². The van der Waals surface area contributed by atoms with Crippen LogP contribution in [0.4, 0.5) is 0 Å². The van der Waals surface area contributed by atoms with Crippen LogP contribution in [0.25, 0.3) is 66.1 Å². The van der Waals surface area contributed by atoms with E-state index < -0.39 is 0 Å². The highest BCUT2D eigenvalue weighted by Gasteiger charge is 2.45. The third-order valence-electron chi connectivity index (χ3n) is 10.9. The molecule has 1 aliphatic rings. The molecule has 0 radical (unpaired) electrons. The summed E-state index contributed by atoms with van der Waals surface area (Å²) in [4.78, 5) is 0. The highest BCUT2D eigenvalue weighted by Crippen LogP contribution is 2.56. The quantitative estimate of drug-likeness (QED) is 0.163.